The molecule has 0 fully saturated rings. The number of benzene rings is 1. The van der Waals surface area contributed by atoms with E-state index in [1.807, 2.05) is 0 Å². The number of carbonyl (C=O) groups is 2. The maximum absolute atomic E-state index is 13.7. The van der Waals surface area contributed by atoms with Gasteiger partial charge >= 0.3 is 0 Å². The van der Waals surface area contributed by atoms with Gasteiger partial charge in [0, 0.05) is 0 Å². The topological polar surface area (TPSA) is 71.3 Å². The van der Waals surface area contributed by atoms with Gasteiger partial charge in [-0.05, 0) is 30.2 Å². The quantitative estimate of drug-likeness (QED) is 0.859. The van der Waals surface area contributed by atoms with Crippen molar-refractivity contribution in [3.05, 3.63) is 59.8 Å². The number of amides is 2. The summed E-state index contributed by atoms with van der Waals surface area (Å²) in [6, 6.07) is 8.35. The lowest BCUT2D eigenvalue weighted by Crippen LogP contribution is -2.49. The predicted octanol–water partition coefficient (Wildman–Crippen LogP) is 2.49. The summed E-state index contributed by atoms with van der Waals surface area (Å²) in [5.41, 5.74) is -0.0861. The highest BCUT2D eigenvalue weighted by atomic mass is 19.1. The molecule has 0 spiro atoms. The number of nitrogens with one attached hydrogen (secondary N) is 2. The van der Waals surface area contributed by atoms with Crippen LogP contribution in [0.5, 0.6) is 0 Å². The van der Waals surface area contributed by atoms with Crippen molar-refractivity contribution in [3.8, 4) is 0 Å². The first-order valence-electron chi connectivity index (χ1n) is 7.34. The van der Waals surface area contributed by atoms with Crippen LogP contribution in [0.1, 0.15) is 30.0 Å². The fourth-order valence-corrected chi connectivity index (χ4v) is 2.10. The molecule has 5 nitrogen and oxygen atoms in total. The highest BCUT2D eigenvalue weighted by Gasteiger charge is 2.25. The molecule has 0 saturated heterocycles. The van der Waals surface area contributed by atoms with Crippen molar-refractivity contribution < 1.29 is 18.4 Å². The van der Waals surface area contributed by atoms with Gasteiger partial charge in [0.15, 0.2) is 0 Å². The van der Waals surface area contributed by atoms with Crippen LogP contribution in [0, 0.1) is 11.7 Å². The summed E-state index contributed by atoms with van der Waals surface area (Å²) in [7, 11) is 0. The molecule has 0 aliphatic heterocycles. The first kappa shape index (κ1) is 16.7. The summed E-state index contributed by atoms with van der Waals surface area (Å²) in [4.78, 5) is 24.4. The Morgan fingerprint density at radius 2 is 1.91 bits per heavy atom. The van der Waals surface area contributed by atoms with E-state index in [9.17, 15) is 14.0 Å². The Hall–Kier alpha value is -2.63. The van der Waals surface area contributed by atoms with Crippen LogP contribution in [0.25, 0.3) is 0 Å². The maximum atomic E-state index is 13.7. The van der Waals surface area contributed by atoms with Crippen molar-refractivity contribution in [1.29, 1.82) is 0 Å². The highest BCUT2D eigenvalue weighted by molar-refractivity contribution is 5.97. The van der Waals surface area contributed by atoms with Gasteiger partial charge in [-0.2, -0.15) is 0 Å². The third kappa shape index (κ3) is 4.42. The van der Waals surface area contributed by atoms with E-state index < -0.39 is 17.8 Å². The van der Waals surface area contributed by atoms with Crippen molar-refractivity contribution in [2.24, 2.45) is 5.92 Å². The molecule has 1 heterocycles. The largest absolute Gasteiger partial charge is 0.467 e. The molecule has 1 atom stereocenters. The van der Waals surface area contributed by atoms with E-state index in [2.05, 4.69) is 10.6 Å². The number of hydrogen-bond acceptors (Lipinski definition) is 3. The van der Waals surface area contributed by atoms with E-state index >= 15 is 0 Å². The Morgan fingerprint density at radius 3 is 2.52 bits per heavy atom. The zero-order valence-corrected chi connectivity index (χ0v) is 13.0. The lowest BCUT2D eigenvalue weighted by atomic mass is 10.0. The van der Waals surface area contributed by atoms with Crippen molar-refractivity contribution in [1.82, 2.24) is 10.6 Å². The predicted molar refractivity (Wildman–Crippen MR) is 83.0 cm³/mol. The number of halogens is 1. The Kier molecular flexibility index (Phi) is 5.51. The lowest BCUT2D eigenvalue weighted by molar-refractivity contribution is -0.124. The van der Waals surface area contributed by atoms with Gasteiger partial charge in [-0.25, -0.2) is 4.39 Å². The number of rotatable bonds is 6. The fourth-order valence-electron chi connectivity index (χ4n) is 2.10. The van der Waals surface area contributed by atoms with Crippen molar-refractivity contribution in [2.45, 2.75) is 26.4 Å². The molecular weight excluding hydrogens is 299 g/mol. The first-order chi connectivity index (χ1) is 11.0. The summed E-state index contributed by atoms with van der Waals surface area (Å²) in [5, 5.41) is 5.28. The highest BCUT2D eigenvalue weighted by Crippen LogP contribution is 2.09. The van der Waals surface area contributed by atoms with Crippen LogP contribution < -0.4 is 10.6 Å². The maximum Gasteiger partial charge on any atom is 0.254 e. The minimum atomic E-state index is -0.767. The third-order valence-electron chi connectivity index (χ3n) is 3.37. The smallest absolute Gasteiger partial charge is 0.254 e. The van der Waals surface area contributed by atoms with E-state index in [1.54, 1.807) is 32.0 Å². The molecule has 2 N–H and O–H groups in total. The molecule has 0 unspecified atom stereocenters. The van der Waals surface area contributed by atoms with Crippen LogP contribution in [0.4, 0.5) is 4.39 Å². The molecule has 23 heavy (non-hydrogen) atoms. The normalized spacial score (nSPS) is 12.0. The molecule has 0 aliphatic carbocycles. The number of carbonyl (C=O) groups excluding carboxylic acids is 2. The third-order valence-corrected chi connectivity index (χ3v) is 3.37. The molecule has 2 rings (SSSR count). The van der Waals surface area contributed by atoms with Gasteiger partial charge in [0.2, 0.25) is 5.91 Å². The van der Waals surface area contributed by atoms with E-state index in [0.717, 1.165) is 0 Å². The van der Waals surface area contributed by atoms with E-state index in [-0.39, 0.29) is 23.9 Å². The van der Waals surface area contributed by atoms with Gasteiger partial charge in [-0.1, -0.05) is 26.0 Å². The van der Waals surface area contributed by atoms with Crippen LogP contribution in [0.15, 0.2) is 47.1 Å². The molecular formula is C17H19FN2O3. The summed E-state index contributed by atoms with van der Waals surface area (Å²) < 4.78 is 18.8. The van der Waals surface area contributed by atoms with Crippen molar-refractivity contribution >= 4 is 11.8 Å². The minimum absolute atomic E-state index is 0.0861. The van der Waals surface area contributed by atoms with E-state index in [0.29, 0.717) is 5.76 Å². The first-order valence-corrected chi connectivity index (χ1v) is 7.34. The monoisotopic (exact) mass is 318 g/mol. The van der Waals surface area contributed by atoms with Crippen molar-refractivity contribution in [2.75, 3.05) is 0 Å². The second kappa shape index (κ2) is 7.58. The van der Waals surface area contributed by atoms with Gasteiger partial charge in [0.25, 0.3) is 5.91 Å². The molecule has 1 aromatic carbocycles. The molecule has 1 aromatic heterocycles. The molecule has 6 heteroatoms. The van der Waals surface area contributed by atoms with Crippen LogP contribution in [0.2, 0.25) is 0 Å². The van der Waals surface area contributed by atoms with Crippen LogP contribution >= 0.6 is 0 Å². The average Bonchev–Trinajstić information content (AvgIpc) is 3.03. The van der Waals surface area contributed by atoms with Crippen LogP contribution in [-0.4, -0.2) is 17.9 Å². The fraction of sp³-hybridized carbons (Fsp3) is 0.294. The van der Waals surface area contributed by atoms with Gasteiger partial charge in [0.05, 0.1) is 18.4 Å². The van der Waals surface area contributed by atoms with Crippen molar-refractivity contribution in [3.63, 3.8) is 0 Å². The summed E-state index contributed by atoms with van der Waals surface area (Å²) in [6.45, 7) is 3.84. The van der Waals surface area contributed by atoms with Gasteiger partial charge in [-0.3, -0.25) is 9.59 Å². The Bertz CT molecular complexity index is 668. The van der Waals surface area contributed by atoms with Crippen LogP contribution in [-0.2, 0) is 11.3 Å². The zero-order valence-electron chi connectivity index (χ0n) is 13.0. The molecule has 2 aromatic rings. The second-order valence-electron chi connectivity index (χ2n) is 5.47. The van der Waals surface area contributed by atoms with Gasteiger partial charge < -0.3 is 15.1 Å². The number of hydrogen-bond donors (Lipinski definition) is 2. The standard InChI is InChI=1S/C17H19FN2O3/c1-11(2)15(17(22)19-10-12-6-5-9-23-12)20-16(21)13-7-3-4-8-14(13)18/h3-9,11,15H,10H2,1-2H3,(H,19,22)(H,20,21)/t15-/m0/s1. The Balaban J connectivity index is 2.02. The SMILES string of the molecule is CC(C)[C@H](NC(=O)c1ccccc1F)C(=O)NCc1ccco1. The molecule has 0 radical (unpaired) electrons. The average molecular weight is 318 g/mol. The molecule has 0 saturated carbocycles. The zero-order chi connectivity index (χ0) is 16.8. The van der Waals surface area contributed by atoms with Gasteiger partial charge in [-0.15, -0.1) is 0 Å². The minimum Gasteiger partial charge on any atom is -0.467 e. The molecule has 0 bridgehead atoms. The number of furan rings is 1. The molecule has 0 aliphatic rings. The van der Waals surface area contributed by atoms with Crippen LogP contribution in [0.3, 0.4) is 0 Å². The van der Waals surface area contributed by atoms with E-state index in [1.165, 1.54) is 24.5 Å². The molecule has 2 amide bonds. The lowest BCUT2D eigenvalue weighted by Gasteiger charge is -2.21. The van der Waals surface area contributed by atoms with Gasteiger partial charge in [0.1, 0.15) is 17.6 Å². The Morgan fingerprint density at radius 1 is 1.17 bits per heavy atom. The van der Waals surface area contributed by atoms with E-state index in [4.69, 9.17) is 4.42 Å². The summed E-state index contributed by atoms with van der Waals surface area (Å²) in [5.74, 6) is -1.12. The summed E-state index contributed by atoms with van der Waals surface area (Å²) >= 11 is 0. The summed E-state index contributed by atoms with van der Waals surface area (Å²) in [6.07, 6.45) is 1.52. The Labute approximate surface area is 133 Å². The molecule has 122 valence electrons. The second-order valence-corrected chi connectivity index (χ2v) is 5.47.